The van der Waals surface area contributed by atoms with E-state index in [0.29, 0.717) is 10.6 Å². The molecule has 1 aromatic carbocycles. The fourth-order valence-corrected chi connectivity index (χ4v) is 3.56. The van der Waals surface area contributed by atoms with Gasteiger partial charge in [-0.15, -0.1) is 0 Å². The highest BCUT2D eigenvalue weighted by atomic mass is 35.5. The summed E-state index contributed by atoms with van der Waals surface area (Å²) in [5.41, 5.74) is -0.406. The van der Waals surface area contributed by atoms with Crippen LogP contribution in [-0.2, 0) is 10.2 Å². The van der Waals surface area contributed by atoms with Crippen molar-refractivity contribution in [3.8, 4) is 5.75 Å². The van der Waals surface area contributed by atoms with E-state index in [0.717, 1.165) is 6.08 Å². The first-order valence-corrected chi connectivity index (χ1v) is 10.8. The molecule has 35 heavy (non-hydrogen) atoms. The summed E-state index contributed by atoms with van der Waals surface area (Å²) in [6, 6.07) is 2.86. The summed E-state index contributed by atoms with van der Waals surface area (Å²) in [6.45, 7) is 5.02. The second-order valence-electron chi connectivity index (χ2n) is 8.92. The summed E-state index contributed by atoms with van der Waals surface area (Å²) in [5.74, 6) is -1.70. The molecule has 0 aliphatic carbocycles. The van der Waals surface area contributed by atoms with E-state index in [-0.39, 0.29) is 23.3 Å². The van der Waals surface area contributed by atoms with Crippen LogP contribution in [0.5, 0.6) is 5.75 Å². The lowest BCUT2D eigenvalue weighted by Gasteiger charge is -2.29. The van der Waals surface area contributed by atoms with Gasteiger partial charge in [0.25, 0.3) is 0 Å². The van der Waals surface area contributed by atoms with E-state index >= 15 is 0 Å². The largest absolute Gasteiger partial charge is 0.478 e. The molecule has 0 saturated heterocycles. The average Bonchev–Trinajstić information content (AvgIpc) is 2.75. The van der Waals surface area contributed by atoms with Crippen molar-refractivity contribution in [2.45, 2.75) is 62.9 Å². The Balaban J connectivity index is 0.000000405. The summed E-state index contributed by atoms with van der Waals surface area (Å²) in [4.78, 5) is 11.1. The van der Waals surface area contributed by atoms with E-state index in [1.807, 2.05) is 20.8 Å². The maximum atomic E-state index is 13.0. The Kier molecular flexibility index (Phi) is 11.0. The van der Waals surface area contributed by atoms with Gasteiger partial charge < -0.3 is 40.7 Å². The smallest absolute Gasteiger partial charge is 0.430 e. The summed E-state index contributed by atoms with van der Waals surface area (Å²) < 4.78 is 43.9. The number of carboxylic acid groups (broad SMARTS) is 1. The van der Waals surface area contributed by atoms with Crippen LogP contribution in [0.2, 0.25) is 5.02 Å². The molecule has 1 aliphatic rings. The molecule has 0 aromatic heterocycles. The predicted octanol–water partition coefficient (Wildman–Crippen LogP) is 1.07. The SMILES string of the molecule is CC(C)(C)c1cc2c(cc1Cl)C=C(C(=O)O)[C@@H](C(F)(F)F)O2.CNC[C@H](O)[C@@H](O)[C@H](O)[C@H](O)CO. The first-order valence-electron chi connectivity index (χ1n) is 10.5. The molecule has 1 aromatic rings. The summed E-state index contributed by atoms with van der Waals surface area (Å²) in [6.07, 6.45) is -12.0. The molecule has 0 radical (unpaired) electrons. The zero-order valence-electron chi connectivity index (χ0n) is 19.5. The van der Waals surface area contributed by atoms with Crippen molar-refractivity contribution in [3.05, 3.63) is 33.9 Å². The number of nitrogens with one attached hydrogen (secondary N) is 1. The third kappa shape index (κ3) is 8.31. The molecule has 1 heterocycles. The Morgan fingerprint density at radius 3 is 2.09 bits per heavy atom. The zero-order valence-corrected chi connectivity index (χ0v) is 20.3. The van der Waals surface area contributed by atoms with E-state index in [2.05, 4.69) is 5.32 Å². The predicted molar refractivity (Wildman–Crippen MR) is 121 cm³/mol. The number of hydrogen-bond donors (Lipinski definition) is 7. The minimum absolute atomic E-state index is 0.0262. The van der Waals surface area contributed by atoms with Crippen molar-refractivity contribution in [1.29, 1.82) is 0 Å². The van der Waals surface area contributed by atoms with Crippen molar-refractivity contribution < 1.29 is 53.3 Å². The van der Waals surface area contributed by atoms with Gasteiger partial charge in [0.2, 0.25) is 6.10 Å². The Hall–Kier alpha value is -1.93. The number of carbonyl (C=O) groups is 1. The third-order valence-electron chi connectivity index (χ3n) is 5.03. The van der Waals surface area contributed by atoms with Crippen LogP contribution in [0.15, 0.2) is 17.7 Å². The number of rotatable bonds is 7. The lowest BCUT2D eigenvalue weighted by molar-refractivity contribution is -0.187. The highest BCUT2D eigenvalue weighted by Crippen LogP contribution is 2.41. The van der Waals surface area contributed by atoms with Crippen molar-refractivity contribution in [2.24, 2.45) is 0 Å². The van der Waals surface area contributed by atoms with Gasteiger partial charge in [0.05, 0.1) is 18.3 Å². The Morgan fingerprint density at radius 1 is 1.11 bits per heavy atom. The number of aliphatic hydroxyl groups is 5. The zero-order chi connectivity index (χ0) is 27.3. The van der Waals surface area contributed by atoms with Crippen LogP contribution in [0.25, 0.3) is 6.08 Å². The first kappa shape index (κ1) is 31.1. The van der Waals surface area contributed by atoms with Crippen LogP contribution in [0, 0.1) is 0 Å². The van der Waals surface area contributed by atoms with Gasteiger partial charge in [-0.1, -0.05) is 32.4 Å². The molecule has 13 heteroatoms. The number of carboxylic acids is 1. The number of hydrogen-bond acceptors (Lipinski definition) is 8. The van der Waals surface area contributed by atoms with Crippen molar-refractivity contribution >= 4 is 23.6 Å². The lowest BCUT2D eigenvalue weighted by atomic mass is 9.85. The Labute approximate surface area is 205 Å². The highest BCUT2D eigenvalue weighted by Gasteiger charge is 2.48. The standard InChI is InChI=1S/C15H14ClF3O3.C7H17NO5/c1-14(2,3)9-6-11-7(5-10(9)16)4-8(13(20)21)12(22-11)15(17,18)19;1-8-2-4(10)6(12)7(13)5(11)3-9/h4-6,12H,1-3H3,(H,20,21);4-13H,2-3H2,1H3/t12-;4-,5+,6+,7+/m00/s1. The molecule has 0 saturated carbocycles. The Bertz CT molecular complexity index is 904. The van der Waals surface area contributed by atoms with E-state index < -0.39 is 54.8 Å². The van der Waals surface area contributed by atoms with Gasteiger partial charge in [0, 0.05) is 17.1 Å². The lowest BCUT2D eigenvalue weighted by Crippen LogP contribution is -2.48. The van der Waals surface area contributed by atoms with Gasteiger partial charge in [-0.3, -0.25) is 0 Å². The van der Waals surface area contributed by atoms with Crippen LogP contribution < -0.4 is 10.1 Å². The molecule has 200 valence electrons. The van der Waals surface area contributed by atoms with E-state index in [1.165, 1.54) is 12.1 Å². The molecule has 9 nitrogen and oxygen atoms in total. The molecule has 0 bridgehead atoms. The second-order valence-corrected chi connectivity index (χ2v) is 9.33. The monoisotopic (exact) mass is 529 g/mol. The fourth-order valence-electron chi connectivity index (χ4n) is 3.10. The molecule has 0 amide bonds. The number of aliphatic hydroxyl groups excluding tert-OH is 5. The number of alkyl halides is 3. The van der Waals surface area contributed by atoms with Crippen LogP contribution in [0.4, 0.5) is 13.2 Å². The van der Waals surface area contributed by atoms with Gasteiger partial charge in [-0.25, -0.2) is 4.79 Å². The number of aliphatic carboxylic acids is 1. The van der Waals surface area contributed by atoms with E-state index in [9.17, 15) is 23.1 Å². The third-order valence-corrected chi connectivity index (χ3v) is 5.34. The molecule has 0 unspecified atom stereocenters. The molecule has 2 rings (SSSR count). The van der Waals surface area contributed by atoms with E-state index in [1.54, 1.807) is 7.05 Å². The molecule has 1 aliphatic heterocycles. The number of fused-ring (bicyclic) bond motifs is 1. The average molecular weight is 530 g/mol. The fraction of sp³-hybridized carbons (Fsp3) is 0.591. The quantitative estimate of drug-likeness (QED) is 0.274. The topological polar surface area (TPSA) is 160 Å². The molecule has 7 N–H and O–H groups in total. The summed E-state index contributed by atoms with van der Waals surface area (Å²) >= 11 is 6.14. The van der Waals surface area contributed by atoms with Crippen LogP contribution in [-0.4, -0.2) is 93.5 Å². The van der Waals surface area contributed by atoms with Gasteiger partial charge in [-0.05, 0) is 36.2 Å². The van der Waals surface area contributed by atoms with Gasteiger partial charge >= 0.3 is 12.1 Å². The molecular weight excluding hydrogens is 499 g/mol. The van der Waals surface area contributed by atoms with Gasteiger partial charge in [-0.2, -0.15) is 13.2 Å². The normalized spacial score (nSPS) is 19.2. The molecular formula is C22H31ClF3NO8. The number of halogens is 4. The Morgan fingerprint density at radius 2 is 1.66 bits per heavy atom. The number of ether oxygens (including phenoxy) is 1. The summed E-state index contributed by atoms with van der Waals surface area (Å²) in [7, 11) is 1.57. The van der Waals surface area contributed by atoms with Crippen LogP contribution in [0.3, 0.4) is 0 Å². The first-order chi connectivity index (χ1) is 15.9. The summed E-state index contributed by atoms with van der Waals surface area (Å²) in [5, 5.41) is 56.8. The van der Waals surface area contributed by atoms with Crippen molar-refractivity contribution in [2.75, 3.05) is 20.2 Å². The minimum Gasteiger partial charge on any atom is -0.478 e. The molecule has 0 spiro atoms. The maximum Gasteiger partial charge on any atom is 0.430 e. The number of likely N-dealkylation sites (N-methyl/N-ethyl adjacent to an activating group) is 1. The molecule has 5 atom stereocenters. The molecule has 0 fully saturated rings. The number of benzene rings is 1. The van der Waals surface area contributed by atoms with Crippen molar-refractivity contribution in [1.82, 2.24) is 5.32 Å². The van der Waals surface area contributed by atoms with Gasteiger partial charge in [0.1, 0.15) is 24.1 Å². The maximum absolute atomic E-state index is 13.0. The van der Waals surface area contributed by atoms with Crippen LogP contribution in [0.1, 0.15) is 31.9 Å². The second kappa shape index (κ2) is 12.3. The van der Waals surface area contributed by atoms with E-state index in [4.69, 9.17) is 41.9 Å². The van der Waals surface area contributed by atoms with Crippen molar-refractivity contribution in [3.63, 3.8) is 0 Å². The highest BCUT2D eigenvalue weighted by molar-refractivity contribution is 6.31. The van der Waals surface area contributed by atoms with Gasteiger partial charge in [0.15, 0.2) is 0 Å². The van der Waals surface area contributed by atoms with Crippen LogP contribution >= 0.6 is 11.6 Å². The minimum atomic E-state index is -4.82.